The predicted molar refractivity (Wildman–Crippen MR) is 114 cm³/mol. The van der Waals surface area contributed by atoms with Gasteiger partial charge in [0.2, 0.25) is 0 Å². The minimum absolute atomic E-state index is 0.415. The molecule has 3 rings (SSSR count). The van der Waals surface area contributed by atoms with Gasteiger partial charge in [0, 0.05) is 21.7 Å². The zero-order valence-corrected chi connectivity index (χ0v) is 17.2. The highest BCUT2D eigenvalue weighted by Crippen LogP contribution is 2.29. The van der Waals surface area contributed by atoms with Gasteiger partial charge in [-0.1, -0.05) is 59.6 Å². The lowest BCUT2D eigenvalue weighted by Crippen LogP contribution is -2.80. The van der Waals surface area contributed by atoms with E-state index in [1.165, 1.54) is 16.7 Å². The monoisotopic (exact) mass is 396 g/mol. The van der Waals surface area contributed by atoms with Gasteiger partial charge in [0.15, 0.2) is 11.5 Å². The fraction of sp³-hybridized carbons (Fsp3) is 0.250. The number of hydrogen-bond acceptors (Lipinski definition) is 2. The molecule has 3 aromatic carbocycles. The molecule has 0 unspecified atom stereocenters. The highest BCUT2D eigenvalue weighted by molar-refractivity contribution is 6.31. The topological polar surface area (TPSA) is 35.1 Å². The standard InChI is InChI=1S/C24H26ClNO2/c1-3-27-24-14-20(16-26-15-19-10-8-18(2)9-11-19)12-13-23(24)28-17-21-6-4-5-7-22(21)25/h4-14,26H,3,15-17H2,1-2H3/p+1. The molecule has 3 nitrogen and oxygen atoms in total. The van der Waals surface area contributed by atoms with Crippen LogP contribution in [0.5, 0.6) is 11.5 Å². The van der Waals surface area contributed by atoms with E-state index in [9.17, 15) is 0 Å². The summed E-state index contributed by atoms with van der Waals surface area (Å²) in [4.78, 5) is 0. The molecule has 0 radical (unpaired) electrons. The first-order valence-electron chi connectivity index (χ1n) is 9.65. The number of nitrogens with two attached hydrogens (primary N) is 1. The lowest BCUT2D eigenvalue weighted by Gasteiger charge is -2.14. The molecular weight excluding hydrogens is 370 g/mol. The Hall–Kier alpha value is -2.49. The molecular formula is C24H27ClNO2+. The van der Waals surface area contributed by atoms with Crippen molar-refractivity contribution in [1.82, 2.24) is 0 Å². The van der Waals surface area contributed by atoms with Crippen LogP contribution < -0.4 is 14.8 Å². The molecule has 0 heterocycles. The van der Waals surface area contributed by atoms with Crippen LogP contribution >= 0.6 is 11.6 Å². The van der Waals surface area contributed by atoms with Crippen molar-refractivity contribution in [2.24, 2.45) is 0 Å². The van der Waals surface area contributed by atoms with Crippen molar-refractivity contribution in [3.05, 3.63) is 94.0 Å². The Morgan fingerprint density at radius 2 is 1.54 bits per heavy atom. The first-order valence-corrected chi connectivity index (χ1v) is 10.0. The highest BCUT2D eigenvalue weighted by atomic mass is 35.5. The van der Waals surface area contributed by atoms with Gasteiger partial charge in [0.1, 0.15) is 19.7 Å². The Labute approximate surface area is 172 Å². The van der Waals surface area contributed by atoms with E-state index in [-0.39, 0.29) is 0 Å². The summed E-state index contributed by atoms with van der Waals surface area (Å²) in [5.74, 6) is 1.51. The molecule has 146 valence electrons. The smallest absolute Gasteiger partial charge is 0.161 e. The zero-order valence-electron chi connectivity index (χ0n) is 16.5. The van der Waals surface area contributed by atoms with Crippen LogP contribution in [0.2, 0.25) is 5.02 Å². The van der Waals surface area contributed by atoms with Crippen LogP contribution in [0.25, 0.3) is 0 Å². The lowest BCUT2D eigenvalue weighted by atomic mass is 10.1. The van der Waals surface area contributed by atoms with Crippen LogP contribution in [0.1, 0.15) is 29.2 Å². The van der Waals surface area contributed by atoms with E-state index in [0.29, 0.717) is 18.2 Å². The Kier molecular flexibility index (Phi) is 7.35. The Morgan fingerprint density at radius 3 is 2.29 bits per heavy atom. The van der Waals surface area contributed by atoms with Gasteiger partial charge in [-0.05, 0) is 38.1 Å². The molecule has 0 spiro atoms. The Morgan fingerprint density at radius 1 is 0.821 bits per heavy atom. The second kappa shape index (κ2) is 10.2. The minimum atomic E-state index is 0.415. The van der Waals surface area contributed by atoms with Crippen molar-refractivity contribution in [2.75, 3.05) is 6.61 Å². The average Bonchev–Trinajstić information content (AvgIpc) is 2.70. The number of hydrogen-bond donors (Lipinski definition) is 1. The number of aryl methyl sites for hydroxylation is 1. The third-order valence-electron chi connectivity index (χ3n) is 4.53. The summed E-state index contributed by atoms with van der Waals surface area (Å²) in [7, 11) is 0. The Bertz CT molecular complexity index is 893. The van der Waals surface area contributed by atoms with E-state index in [4.69, 9.17) is 21.1 Å². The van der Waals surface area contributed by atoms with Gasteiger partial charge in [0.25, 0.3) is 0 Å². The van der Waals surface area contributed by atoms with Gasteiger partial charge in [-0.25, -0.2) is 0 Å². The molecule has 0 aliphatic heterocycles. The van der Waals surface area contributed by atoms with Crippen LogP contribution in [0.3, 0.4) is 0 Å². The molecule has 0 fully saturated rings. The largest absolute Gasteiger partial charge is 0.490 e. The Balaban J connectivity index is 1.61. The van der Waals surface area contributed by atoms with Crippen molar-refractivity contribution < 1.29 is 14.8 Å². The molecule has 0 bridgehead atoms. The third kappa shape index (κ3) is 5.75. The average molecular weight is 397 g/mol. The molecule has 0 saturated heterocycles. The minimum Gasteiger partial charge on any atom is -0.490 e. The first-order chi connectivity index (χ1) is 13.7. The van der Waals surface area contributed by atoms with Gasteiger partial charge >= 0.3 is 0 Å². The van der Waals surface area contributed by atoms with Gasteiger partial charge in [-0.15, -0.1) is 0 Å². The number of quaternary nitrogens is 1. The number of ether oxygens (including phenoxy) is 2. The second-order valence-electron chi connectivity index (χ2n) is 6.78. The van der Waals surface area contributed by atoms with Crippen LogP contribution in [-0.4, -0.2) is 6.61 Å². The molecule has 0 aromatic heterocycles. The molecule has 0 amide bonds. The van der Waals surface area contributed by atoms with Gasteiger partial charge in [0.05, 0.1) is 6.61 Å². The fourth-order valence-electron chi connectivity index (χ4n) is 2.97. The summed E-state index contributed by atoms with van der Waals surface area (Å²) >= 11 is 6.22. The molecule has 0 atom stereocenters. The summed E-state index contributed by atoms with van der Waals surface area (Å²) in [6.07, 6.45) is 0. The lowest BCUT2D eigenvalue weighted by molar-refractivity contribution is -0.686. The van der Waals surface area contributed by atoms with Crippen LogP contribution in [0.4, 0.5) is 0 Å². The van der Waals surface area contributed by atoms with E-state index in [2.05, 4.69) is 48.6 Å². The van der Waals surface area contributed by atoms with E-state index < -0.39 is 0 Å². The van der Waals surface area contributed by atoms with Crippen molar-refractivity contribution in [3.63, 3.8) is 0 Å². The summed E-state index contributed by atoms with van der Waals surface area (Å²) in [6.45, 7) is 6.94. The second-order valence-corrected chi connectivity index (χ2v) is 7.18. The summed E-state index contributed by atoms with van der Waals surface area (Å²) < 4.78 is 11.8. The van der Waals surface area contributed by atoms with Crippen molar-refractivity contribution in [2.45, 2.75) is 33.5 Å². The van der Waals surface area contributed by atoms with E-state index in [1.54, 1.807) is 0 Å². The van der Waals surface area contributed by atoms with Crippen molar-refractivity contribution in [1.29, 1.82) is 0 Å². The molecule has 0 aliphatic rings. The number of rotatable bonds is 9. The normalized spacial score (nSPS) is 10.7. The fourth-order valence-corrected chi connectivity index (χ4v) is 3.16. The van der Waals surface area contributed by atoms with Crippen molar-refractivity contribution in [3.8, 4) is 11.5 Å². The summed E-state index contributed by atoms with van der Waals surface area (Å²) in [5, 5.41) is 3.00. The number of benzene rings is 3. The van der Waals surface area contributed by atoms with Crippen LogP contribution in [0, 0.1) is 6.92 Å². The van der Waals surface area contributed by atoms with E-state index >= 15 is 0 Å². The molecule has 0 saturated carbocycles. The predicted octanol–water partition coefficient (Wildman–Crippen LogP) is 4.89. The molecule has 0 aliphatic carbocycles. The maximum Gasteiger partial charge on any atom is 0.161 e. The molecule has 28 heavy (non-hydrogen) atoms. The molecule has 3 aromatic rings. The van der Waals surface area contributed by atoms with Crippen LogP contribution in [-0.2, 0) is 19.7 Å². The van der Waals surface area contributed by atoms with Gasteiger partial charge in [-0.3, -0.25) is 0 Å². The van der Waals surface area contributed by atoms with E-state index in [0.717, 1.165) is 30.2 Å². The quantitative estimate of drug-likeness (QED) is 0.558. The first kappa shape index (κ1) is 20.2. The third-order valence-corrected chi connectivity index (χ3v) is 4.90. The van der Waals surface area contributed by atoms with Crippen LogP contribution in [0.15, 0.2) is 66.7 Å². The molecule has 2 N–H and O–H groups in total. The van der Waals surface area contributed by atoms with Crippen molar-refractivity contribution >= 4 is 11.6 Å². The maximum atomic E-state index is 6.22. The maximum absolute atomic E-state index is 6.22. The summed E-state index contributed by atoms with van der Waals surface area (Å²) in [5.41, 5.74) is 4.79. The zero-order chi connectivity index (χ0) is 19.8. The van der Waals surface area contributed by atoms with Gasteiger partial charge < -0.3 is 14.8 Å². The van der Waals surface area contributed by atoms with E-state index in [1.807, 2.05) is 37.3 Å². The number of halogens is 1. The SMILES string of the molecule is CCOc1cc(C[NH2+]Cc2ccc(C)cc2)ccc1OCc1ccccc1Cl. The summed E-state index contributed by atoms with van der Waals surface area (Å²) in [6, 6.07) is 22.5. The van der Waals surface area contributed by atoms with Gasteiger partial charge in [-0.2, -0.15) is 0 Å². The highest BCUT2D eigenvalue weighted by Gasteiger charge is 2.09. The molecule has 4 heteroatoms.